The monoisotopic (exact) mass is 642 g/mol. The van der Waals surface area contributed by atoms with Gasteiger partial charge in [-0.05, 0) is 81.6 Å². The Morgan fingerprint density at radius 1 is 0.520 bits per heavy atom. The van der Waals surface area contributed by atoms with E-state index in [4.69, 9.17) is 9.97 Å². The van der Waals surface area contributed by atoms with Gasteiger partial charge >= 0.3 is 0 Å². The number of fused-ring (bicyclic) bond motifs is 5. The topological polar surface area (TPSA) is 62.5 Å². The first-order valence-corrected chi connectivity index (χ1v) is 17.4. The van der Waals surface area contributed by atoms with Crippen molar-refractivity contribution < 1.29 is 0 Å². The highest BCUT2D eigenvalue weighted by atomic mass is 14.9. The summed E-state index contributed by atoms with van der Waals surface area (Å²) in [6, 6.07) is 49.1. The third-order valence-corrected chi connectivity index (χ3v) is 10.6. The molecule has 0 atom stereocenters. The van der Waals surface area contributed by atoms with Gasteiger partial charge in [0.2, 0.25) is 0 Å². The first-order valence-electron chi connectivity index (χ1n) is 17.4. The maximum Gasteiger partial charge on any atom is 0.160 e. The van der Waals surface area contributed by atoms with E-state index in [1.54, 1.807) is 6.20 Å². The van der Waals surface area contributed by atoms with Crippen LogP contribution in [-0.4, -0.2) is 15.0 Å². The summed E-state index contributed by atoms with van der Waals surface area (Å²) in [7, 11) is 0. The largest absolute Gasteiger partial charge is 0.264 e. The Balaban J connectivity index is 1.12. The highest BCUT2D eigenvalue weighted by Gasteiger charge is 2.44. The first kappa shape index (κ1) is 29.9. The molecule has 7 aromatic rings. The van der Waals surface area contributed by atoms with Crippen molar-refractivity contribution in [2.24, 2.45) is 0 Å². The molecule has 0 saturated heterocycles. The Morgan fingerprint density at radius 3 is 1.88 bits per heavy atom. The van der Waals surface area contributed by atoms with Crippen LogP contribution in [-0.2, 0) is 5.41 Å². The summed E-state index contributed by atoms with van der Waals surface area (Å²) in [5.41, 5.74) is 15.5. The maximum absolute atomic E-state index is 9.83. The Hall–Kier alpha value is -6.18. The van der Waals surface area contributed by atoms with Gasteiger partial charge < -0.3 is 0 Å². The van der Waals surface area contributed by atoms with E-state index in [1.165, 1.54) is 47.1 Å². The molecule has 1 fully saturated rings. The van der Waals surface area contributed by atoms with Crippen LogP contribution in [0.15, 0.2) is 146 Å². The van der Waals surface area contributed by atoms with Crippen molar-refractivity contribution in [2.45, 2.75) is 37.5 Å². The number of aromatic nitrogens is 3. The Morgan fingerprint density at radius 2 is 1.20 bits per heavy atom. The molecule has 2 aliphatic carbocycles. The third kappa shape index (κ3) is 5.11. The molecular formula is C46H34N4. The molecule has 50 heavy (non-hydrogen) atoms. The molecule has 2 aromatic heterocycles. The smallest absolute Gasteiger partial charge is 0.160 e. The average Bonchev–Trinajstić information content (AvgIpc) is 3.46. The molecular weight excluding hydrogens is 609 g/mol. The molecule has 0 unspecified atom stereocenters. The van der Waals surface area contributed by atoms with Gasteiger partial charge in [-0.1, -0.05) is 128 Å². The third-order valence-electron chi connectivity index (χ3n) is 10.6. The van der Waals surface area contributed by atoms with E-state index in [-0.39, 0.29) is 5.41 Å². The summed E-state index contributed by atoms with van der Waals surface area (Å²) in [5.74, 6) is 0.696. The fourth-order valence-electron chi connectivity index (χ4n) is 8.21. The van der Waals surface area contributed by atoms with Crippen molar-refractivity contribution in [3.63, 3.8) is 0 Å². The summed E-state index contributed by atoms with van der Waals surface area (Å²) >= 11 is 0. The molecule has 0 amide bonds. The van der Waals surface area contributed by atoms with Crippen LogP contribution in [0.4, 0.5) is 0 Å². The molecule has 1 spiro atoms. The first-order chi connectivity index (χ1) is 24.7. The highest BCUT2D eigenvalue weighted by molar-refractivity contribution is 5.93. The zero-order valence-corrected chi connectivity index (χ0v) is 27.7. The van der Waals surface area contributed by atoms with Gasteiger partial charge in [0.1, 0.15) is 0 Å². The van der Waals surface area contributed by atoms with Crippen molar-refractivity contribution in [1.29, 1.82) is 5.26 Å². The molecule has 2 heterocycles. The van der Waals surface area contributed by atoms with Crippen molar-refractivity contribution in [3.05, 3.63) is 163 Å². The molecule has 1 saturated carbocycles. The van der Waals surface area contributed by atoms with Gasteiger partial charge in [-0.3, -0.25) is 4.98 Å². The van der Waals surface area contributed by atoms with Crippen molar-refractivity contribution in [1.82, 2.24) is 15.0 Å². The van der Waals surface area contributed by atoms with Crippen LogP contribution in [0.25, 0.3) is 67.3 Å². The molecule has 5 aromatic carbocycles. The fourth-order valence-corrected chi connectivity index (χ4v) is 8.21. The summed E-state index contributed by atoms with van der Waals surface area (Å²) in [6.07, 6.45) is 9.75. The maximum atomic E-state index is 9.83. The van der Waals surface area contributed by atoms with Gasteiger partial charge in [0.15, 0.2) is 5.82 Å². The lowest BCUT2D eigenvalue weighted by Gasteiger charge is -2.36. The molecule has 4 nitrogen and oxygen atoms in total. The van der Waals surface area contributed by atoms with Gasteiger partial charge in [0, 0.05) is 34.5 Å². The lowest BCUT2D eigenvalue weighted by atomic mass is 9.67. The van der Waals surface area contributed by atoms with E-state index in [1.807, 2.05) is 36.5 Å². The molecule has 4 heteroatoms. The minimum absolute atomic E-state index is 0.0360. The predicted octanol–water partition coefficient (Wildman–Crippen LogP) is 11.3. The zero-order chi connectivity index (χ0) is 33.5. The van der Waals surface area contributed by atoms with Gasteiger partial charge in [-0.15, -0.1) is 0 Å². The van der Waals surface area contributed by atoms with Gasteiger partial charge in [0.05, 0.1) is 23.0 Å². The number of nitrogens with zero attached hydrogens (tertiary/aromatic N) is 4. The summed E-state index contributed by atoms with van der Waals surface area (Å²) in [5, 5.41) is 9.83. The average molecular weight is 643 g/mol. The second-order valence-corrected chi connectivity index (χ2v) is 13.5. The van der Waals surface area contributed by atoms with E-state index in [2.05, 4.69) is 114 Å². The minimum Gasteiger partial charge on any atom is -0.264 e. The number of nitriles is 1. The SMILES string of the molecule is N#Cc1ccc2c(c1)-c1c(-c3ccc(-c4cc(-c5ccc(-c6cccnc6)cc5)nc(-c5ccccc5)n4)cc3)cccc1C21CCCCC1. The normalized spacial score (nSPS) is 14.1. The van der Waals surface area contributed by atoms with Crippen LogP contribution in [0.1, 0.15) is 48.8 Å². The Kier molecular flexibility index (Phi) is 7.40. The molecule has 9 rings (SSSR count). The number of hydrogen-bond donors (Lipinski definition) is 0. The highest BCUT2D eigenvalue weighted by Crippen LogP contribution is 2.58. The van der Waals surface area contributed by atoms with E-state index < -0.39 is 0 Å². The van der Waals surface area contributed by atoms with Crippen molar-refractivity contribution >= 4 is 0 Å². The van der Waals surface area contributed by atoms with Crippen LogP contribution in [0.2, 0.25) is 0 Å². The molecule has 238 valence electrons. The second-order valence-electron chi connectivity index (χ2n) is 13.5. The van der Waals surface area contributed by atoms with Crippen LogP contribution in [0.5, 0.6) is 0 Å². The summed E-state index contributed by atoms with van der Waals surface area (Å²) in [4.78, 5) is 14.4. The number of hydrogen-bond acceptors (Lipinski definition) is 4. The number of pyridine rings is 1. The van der Waals surface area contributed by atoms with Gasteiger partial charge in [-0.25, -0.2) is 9.97 Å². The lowest BCUT2D eigenvalue weighted by molar-refractivity contribution is 0.353. The zero-order valence-electron chi connectivity index (χ0n) is 27.7. The van der Waals surface area contributed by atoms with E-state index in [0.717, 1.165) is 57.6 Å². The number of rotatable bonds is 5. The number of benzene rings is 5. The quantitative estimate of drug-likeness (QED) is 0.187. The van der Waals surface area contributed by atoms with Crippen LogP contribution < -0.4 is 0 Å². The minimum atomic E-state index is 0.0360. The standard InChI is InChI=1S/C46H34N4/c47-29-31-14-23-40-39(27-31)44-38(12-7-13-41(44)46(40)24-5-2-6-25-46)33-17-21-35(22-18-33)43-28-42(49-45(50-43)36-9-3-1-4-10-36)34-19-15-32(16-20-34)37-11-8-26-48-30-37/h1,3-4,7-23,26-28,30H,2,5-6,24-25H2. The van der Waals surface area contributed by atoms with Gasteiger partial charge in [-0.2, -0.15) is 5.26 Å². The molecule has 0 aliphatic heterocycles. The molecule has 0 radical (unpaired) electrons. The predicted molar refractivity (Wildman–Crippen MR) is 201 cm³/mol. The molecule has 2 aliphatic rings. The molecule has 0 bridgehead atoms. The van der Waals surface area contributed by atoms with E-state index in [0.29, 0.717) is 11.4 Å². The Labute approximate surface area is 292 Å². The van der Waals surface area contributed by atoms with Gasteiger partial charge in [0.25, 0.3) is 0 Å². The Bertz CT molecular complexity index is 2380. The van der Waals surface area contributed by atoms with Crippen molar-refractivity contribution in [3.8, 4) is 73.4 Å². The van der Waals surface area contributed by atoms with E-state index in [9.17, 15) is 5.26 Å². The second kappa shape index (κ2) is 12.4. The fraction of sp³-hybridized carbons (Fsp3) is 0.130. The van der Waals surface area contributed by atoms with Crippen molar-refractivity contribution in [2.75, 3.05) is 0 Å². The van der Waals surface area contributed by atoms with Crippen LogP contribution in [0.3, 0.4) is 0 Å². The van der Waals surface area contributed by atoms with E-state index >= 15 is 0 Å². The van der Waals surface area contributed by atoms with Crippen LogP contribution >= 0.6 is 0 Å². The molecule has 0 N–H and O–H groups in total. The summed E-state index contributed by atoms with van der Waals surface area (Å²) < 4.78 is 0. The summed E-state index contributed by atoms with van der Waals surface area (Å²) in [6.45, 7) is 0. The van der Waals surface area contributed by atoms with Crippen LogP contribution in [0, 0.1) is 11.3 Å². The lowest BCUT2D eigenvalue weighted by Crippen LogP contribution is -2.28.